The molecule has 0 bridgehead atoms. The van der Waals surface area contributed by atoms with Gasteiger partial charge in [-0.3, -0.25) is 0 Å². The molecule has 2 unspecified atom stereocenters. The van der Waals surface area contributed by atoms with E-state index in [-0.39, 0.29) is 13.2 Å². The minimum absolute atomic E-state index is 0.332. The maximum Gasteiger partial charge on any atom is 0.106 e. The van der Waals surface area contributed by atoms with E-state index < -0.39 is 23.4 Å². The van der Waals surface area contributed by atoms with Gasteiger partial charge in [-0.05, 0) is 25.7 Å². The second-order valence-corrected chi connectivity index (χ2v) is 30.7. The van der Waals surface area contributed by atoms with E-state index in [1.54, 1.807) is 0 Å². The molecule has 91 heavy (non-hydrogen) atoms. The molecule has 0 aliphatic heterocycles. The van der Waals surface area contributed by atoms with Crippen LogP contribution in [0.3, 0.4) is 0 Å². The molecule has 5 nitrogen and oxygen atoms in total. The van der Waals surface area contributed by atoms with Crippen molar-refractivity contribution in [2.24, 2.45) is 0 Å². The van der Waals surface area contributed by atoms with Gasteiger partial charge in [-0.25, -0.2) is 0 Å². The third-order valence-corrected chi connectivity index (χ3v) is 21.8. The molecule has 0 saturated heterocycles. The molecule has 548 valence electrons. The molecule has 0 rings (SSSR count). The lowest BCUT2D eigenvalue weighted by molar-refractivity contribution is -0.253. The fourth-order valence-corrected chi connectivity index (χ4v) is 15.3. The van der Waals surface area contributed by atoms with Gasteiger partial charge in [0.2, 0.25) is 0 Å². The lowest BCUT2D eigenvalue weighted by Crippen LogP contribution is -2.58. The summed E-state index contributed by atoms with van der Waals surface area (Å²) in [7, 11) is 0. The maximum absolute atomic E-state index is 12.2. The van der Waals surface area contributed by atoms with Crippen molar-refractivity contribution in [1.29, 1.82) is 0 Å². The summed E-state index contributed by atoms with van der Waals surface area (Å²) in [6.45, 7) is 8.56. The Kier molecular flexibility index (Phi) is 75.4. The Morgan fingerprint density at radius 3 is 0.374 bits per heavy atom. The van der Waals surface area contributed by atoms with E-state index >= 15 is 0 Å². The molecule has 5 heteroatoms. The number of hydrogen-bond acceptors (Lipinski definition) is 5. The van der Waals surface area contributed by atoms with Gasteiger partial charge in [-0.15, -0.1) is 0 Å². The van der Waals surface area contributed by atoms with Crippen LogP contribution in [0.1, 0.15) is 516 Å². The van der Waals surface area contributed by atoms with E-state index in [1.165, 1.54) is 411 Å². The average molecular weight is 1290 g/mol. The van der Waals surface area contributed by atoms with Gasteiger partial charge in [0.25, 0.3) is 0 Å². The molecule has 0 aliphatic rings. The Morgan fingerprint density at radius 1 is 0.176 bits per heavy atom. The van der Waals surface area contributed by atoms with Gasteiger partial charge >= 0.3 is 0 Å². The predicted octanol–water partition coefficient (Wildman–Crippen LogP) is 28.9. The van der Waals surface area contributed by atoms with E-state index in [0.29, 0.717) is 25.7 Å². The fraction of sp³-hybridized carbons (Fsp3) is 1.00. The van der Waals surface area contributed by atoms with Crippen molar-refractivity contribution in [2.45, 2.75) is 539 Å². The SMILES string of the molecule is CCCCCCCCCCCCCCCCCCCCC(CCCCCCCCCCCCCCCCCCCC)(OC(CCCCCCCCCCCCCCCCCCCC)(CCCCCCCCCCCCCCCCCCCC)C(O)CO)C(O)CO. The largest absolute Gasteiger partial charge is 0.394 e. The van der Waals surface area contributed by atoms with Crippen LogP contribution in [0.15, 0.2) is 0 Å². The molecule has 0 radical (unpaired) electrons. The van der Waals surface area contributed by atoms with Crippen molar-refractivity contribution in [3.05, 3.63) is 0 Å². The number of aliphatic hydroxyl groups excluding tert-OH is 4. The molecular formula is C86H174O5. The van der Waals surface area contributed by atoms with E-state index in [4.69, 9.17) is 4.74 Å². The topological polar surface area (TPSA) is 90.2 Å². The Labute approximate surface area is 574 Å². The molecule has 0 saturated carbocycles. The van der Waals surface area contributed by atoms with E-state index in [9.17, 15) is 20.4 Å². The van der Waals surface area contributed by atoms with Crippen molar-refractivity contribution in [3.8, 4) is 0 Å². The Balaban J connectivity index is 5.74. The fourth-order valence-electron chi connectivity index (χ4n) is 15.3. The number of unbranched alkanes of at least 4 members (excludes halogenated alkanes) is 68. The predicted molar refractivity (Wildman–Crippen MR) is 406 cm³/mol. The van der Waals surface area contributed by atoms with Crippen LogP contribution >= 0.6 is 0 Å². The zero-order chi connectivity index (χ0) is 66.0. The van der Waals surface area contributed by atoms with Crippen LogP contribution in [0.5, 0.6) is 0 Å². The maximum atomic E-state index is 12.2. The van der Waals surface area contributed by atoms with E-state index in [2.05, 4.69) is 27.7 Å². The molecule has 4 N–H and O–H groups in total. The summed E-state index contributed by atoms with van der Waals surface area (Å²) in [5.41, 5.74) is -1.89. The first-order chi connectivity index (χ1) is 44.9. The van der Waals surface area contributed by atoms with Gasteiger partial charge in [-0.2, -0.15) is 0 Å². The zero-order valence-corrected chi connectivity index (χ0v) is 63.5. The summed E-state index contributed by atoms with van der Waals surface area (Å²) in [6, 6.07) is 0. The second kappa shape index (κ2) is 75.6. The van der Waals surface area contributed by atoms with E-state index in [0.717, 1.165) is 51.4 Å². The van der Waals surface area contributed by atoms with Gasteiger partial charge in [0, 0.05) is 0 Å². The van der Waals surface area contributed by atoms with Gasteiger partial charge in [0.15, 0.2) is 0 Å². The van der Waals surface area contributed by atoms with Crippen LogP contribution in [0.25, 0.3) is 0 Å². The van der Waals surface area contributed by atoms with Crippen molar-refractivity contribution < 1.29 is 25.2 Å². The van der Waals surface area contributed by atoms with Crippen LogP contribution < -0.4 is 0 Å². The Bertz CT molecular complexity index is 1130. The Hall–Kier alpha value is -0.200. The summed E-state index contributed by atoms with van der Waals surface area (Å²) < 4.78 is 7.64. The monoisotopic (exact) mass is 1290 g/mol. The molecule has 0 fully saturated rings. The molecule has 0 aromatic rings. The van der Waals surface area contributed by atoms with Crippen LogP contribution in [-0.4, -0.2) is 57.0 Å². The van der Waals surface area contributed by atoms with Gasteiger partial charge in [0.05, 0.1) is 24.4 Å². The average Bonchev–Trinajstić information content (AvgIpc) is 0.950. The summed E-state index contributed by atoms with van der Waals surface area (Å²) in [5, 5.41) is 46.4. The Morgan fingerprint density at radius 2 is 0.275 bits per heavy atom. The molecule has 2 atom stereocenters. The van der Waals surface area contributed by atoms with Crippen molar-refractivity contribution in [3.63, 3.8) is 0 Å². The molecule has 0 spiro atoms. The quantitative estimate of drug-likeness (QED) is 0.0456. The molecule has 0 aromatic carbocycles. The minimum Gasteiger partial charge on any atom is -0.394 e. The second-order valence-electron chi connectivity index (χ2n) is 30.7. The van der Waals surface area contributed by atoms with Crippen LogP contribution in [-0.2, 0) is 4.74 Å². The van der Waals surface area contributed by atoms with Crippen LogP contribution in [0.2, 0.25) is 0 Å². The van der Waals surface area contributed by atoms with Crippen molar-refractivity contribution >= 4 is 0 Å². The third-order valence-electron chi connectivity index (χ3n) is 21.8. The highest BCUT2D eigenvalue weighted by molar-refractivity contribution is 4.97. The summed E-state index contributed by atoms with van der Waals surface area (Å²) in [5.74, 6) is 0. The first-order valence-corrected chi connectivity index (χ1v) is 43.2. The number of aliphatic hydroxyl groups is 4. The number of hydrogen-bond donors (Lipinski definition) is 4. The molecule has 0 aromatic heterocycles. The first kappa shape index (κ1) is 90.8. The van der Waals surface area contributed by atoms with Crippen LogP contribution in [0.4, 0.5) is 0 Å². The summed E-state index contributed by atoms with van der Waals surface area (Å²) in [4.78, 5) is 0. The zero-order valence-electron chi connectivity index (χ0n) is 63.5. The number of ether oxygens (including phenoxy) is 1. The van der Waals surface area contributed by atoms with Gasteiger partial charge < -0.3 is 25.2 Å². The summed E-state index contributed by atoms with van der Waals surface area (Å²) in [6.07, 6.45) is 96.9. The van der Waals surface area contributed by atoms with Gasteiger partial charge in [0.1, 0.15) is 12.2 Å². The van der Waals surface area contributed by atoms with Crippen LogP contribution in [0, 0.1) is 0 Å². The lowest BCUT2D eigenvalue weighted by Gasteiger charge is -2.48. The minimum atomic E-state index is -1.02. The summed E-state index contributed by atoms with van der Waals surface area (Å²) >= 11 is 0. The lowest BCUT2D eigenvalue weighted by atomic mass is 9.79. The van der Waals surface area contributed by atoms with Gasteiger partial charge in [-0.1, -0.05) is 490 Å². The third kappa shape index (κ3) is 61.8. The molecule has 0 amide bonds. The molecule has 0 aliphatic carbocycles. The smallest absolute Gasteiger partial charge is 0.106 e. The normalized spacial score (nSPS) is 12.9. The molecular weight excluding hydrogens is 1110 g/mol. The highest BCUT2D eigenvalue weighted by atomic mass is 16.6. The van der Waals surface area contributed by atoms with Crippen molar-refractivity contribution in [2.75, 3.05) is 13.2 Å². The van der Waals surface area contributed by atoms with E-state index in [1.807, 2.05) is 0 Å². The highest BCUT2D eigenvalue weighted by Gasteiger charge is 2.48. The van der Waals surface area contributed by atoms with Crippen molar-refractivity contribution in [1.82, 2.24) is 0 Å². The number of rotatable bonds is 82. The molecule has 0 heterocycles. The standard InChI is InChI=1S/C86H174O5/c1-5-9-13-17-21-25-29-33-37-41-45-49-53-57-61-65-69-73-77-85(83(89)81-87,78-74-70-66-62-58-54-50-46-42-38-34-30-26-22-18-14-10-6-2)91-86(84(90)82-88,79-75-71-67-63-59-55-51-47-43-39-35-31-27-23-19-15-11-7-3)80-76-72-68-64-60-56-52-48-44-40-36-32-28-24-20-16-12-8-4/h83-84,87-90H,5-82H2,1-4H3. The first-order valence-electron chi connectivity index (χ1n) is 43.2. The highest BCUT2D eigenvalue weighted by Crippen LogP contribution is 2.42.